The predicted octanol–water partition coefficient (Wildman–Crippen LogP) is 1.01. The number of carbonyl (C=O) groups excluding carboxylic acids is 2. The molecule has 2 amide bonds. The van der Waals surface area contributed by atoms with Gasteiger partial charge in [-0.3, -0.25) is 14.5 Å². The number of hydrogen-bond acceptors (Lipinski definition) is 4. The van der Waals surface area contributed by atoms with Crippen LogP contribution in [-0.2, 0) is 19.7 Å². The molecule has 26 heavy (non-hydrogen) atoms. The molecule has 0 radical (unpaired) electrons. The number of hydrogen-bond donors (Lipinski definition) is 1. The average molecular weight is 359 g/mol. The van der Waals surface area contributed by atoms with Crippen molar-refractivity contribution in [2.24, 2.45) is 0 Å². The van der Waals surface area contributed by atoms with Crippen LogP contribution in [0.3, 0.4) is 0 Å². The van der Waals surface area contributed by atoms with Crippen molar-refractivity contribution in [1.82, 2.24) is 15.1 Å². The second kappa shape index (κ2) is 8.18. The minimum absolute atomic E-state index is 0.000230. The van der Waals surface area contributed by atoms with E-state index in [1.165, 1.54) is 5.56 Å². The van der Waals surface area contributed by atoms with Gasteiger partial charge in [0.05, 0.1) is 0 Å². The standard InChI is InChI=1S/C20H29N3O3/c1-16(24)23-11-10-22(2)18(14-23)19(25)21-15-20(8-12-26-13-9-20)17-6-4-3-5-7-17/h3-7,18H,8-15H2,1-2H3,(H,21,25). The lowest BCUT2D eigenvalue weighted by Gasteiger charge is -2.40. The van der Waals surface area contributed by atoms with E-state index in [0.29, 0.717) is 32.8 Å². The number of ether oxygens (including phenoxy) is 1. The summed E-state index contributed by atoms with van der Waals surface area (Å²) in [6.07, 6.45) is 1.80. The molecule has 2 fully saturated rings. The van der Waals surface area contributed by atoms with Crippen molar-refractivity contribution in [3.63, 3.8) is 0 Å². The van der Waals surface area contributed by atoms with Gasteiger partial charge in [0.2, 0.25) is 11.8 Å². The van der Waals surface area contributed by atoms with Crippen LogP contribution >= 0.6 is 0 Å². The number of likely N-dealkylation sites (N-methyl/N-ethyl adjacent to an activating group) is 1. The van der Waals surface area contributed by atoms with Crippen LogP contribution in [0, 0.1) is 0 Å². The van der Waals surface area contributed by atoms with E-state index in [2.05, 4.69) is 17.4 Å². The Morgan fingerprint density at radius 1 is 1.19 bits per heavy atom. The molecule has 0 bridgehead atoms. The zero-order valence-electron chi connectivity index (χ0n) is 15.7. The summed E-state index contributed by atoms with van der Waals surface area (Å²) in [7, 11) is 1.95. The van der Waals surface area contributed by atoms with Crippen molar-refractivity contribution < 1.29 is 14.3 Å². The van der Waals surface area contributed by atoms with E-state index in [-0.39, 0.29) is 23.3 Å². The Bertz CT molecular complexity index is 628. The first-order chi connectivity index (χ1) is 12.5. The third-order valence-corrected chi connectivity index (χ3v) is 5.83. The predicted molar refractivity (Wildman–Crippen MR) is 99.9 cm³/mol. The van der Waals surface area contributed by atoms with Crippen molar-refractivity contribution in [3.05, 3.63) is 35.9 Å². The third-order valence-electron chi connectivity index (χ3n) is 5.83. The number of carbonyl (C=O) groups is 2. The van der Waals surface area contributed by atoms with Crippen LogP contribution in [0.5, 0.6) is 0 Å². The quantitative estimate of drug-likeness (QED) is 0.872. The Kier molecular flexibility index (Phi) is 5.94. The smallest absolute Gasteiger partial charge is 0.239 e. The zero-order valence-corrected chi connectivity index (χ0v) is 15.7. The highest BCUT2D eigenvalue weighted by molar-refractivity contribution is 5.83. The first-order valence-corrected chi connectivity index (χ1v) is 9.39. The Balaban J connectivity index is 1.68. The number of rotatable bonds is 4. The Morgan fingerprint density at radius 2 is 1.88 bits per heavy atom. The van der Waals surface area contributed by atoms with Gasteiger partial charge in [-0.1, -0.05) is 30.3 Å². The fraction of sp³-hybridized carbons (Fsp3) is 0.600. The van der Waals surface area contributed by atoms with Gasteiger partial charge < -0.3 is 15.0 Å². The van der Waals surface area contributed by atoms with Crippen LogP contribution in [0.1, 0.15) is 25.3 Å². The molecular formula is C20H29N3O3. The fourth-order valence-electron chi connectivity index (χ4n) is 3.94. The molecule has 1 N–H and O–H groups in total. The van der Waals surface area contributed by atoms with Crippen LogP contribution in [0.2, 0.25) is 0 Å². The van der Waals surface area contributed by atoms with Crippen LogP contribution in [0.15, 0.2) is 30.3 Å². The van der Waals surface area contributed by atoms with E-state index in [4.69, 9.17) is 4.74 Å². The second-order valence-corrected chi connectivity index (χ2v) is 7.44. The second-order valence-electron chi connectivity index (χ2n) is 7.44. The molecule has 2 aliphatic heterocycles. The summed E-state index contributed by atoms with van der Waals surface area (Å²) < 4.78 is 5.56. The van der Waals surface area contributed by atoms with Crippen LogP contribution < -0.4 is 5.32 Å². The fourth-order valence-corrected chi connectivity index (χ4v) is 3.94. The number of nitrogens with one attached hydrogen (secondary N) is 1. The molecule has 1 aromatic rings. The van der Waals surface area contributed by atoms with Gasteiger partial charge in [0.25, 0.3) is 0 Å². The number of nitrogens with zero attached hydrogens (tertiary/aromatic N) is 2. The van der Waals surface area contributed by atoms with E-state index >= 15 is 0 Å². The number of amides is 2. The van der Waals surface area contributed by atoms with Gasteiger partial charge in [-0.15, -0.1) is 0 Å². The first-order valence-electron chi connectivity index (χ1n) is 9.39. The maximum absolute atomic E-state index is 12.9. The van der Waals surface area contributed by atoms with Gasteiger partial charge in [0.1, 0.15) is 6.04 Å². The zero-order chi connectivity index (χ0) is 18.6. The van der Waals surface area contributed by atoms with Crippen molar-refractivity contribution >= 4 is 11.8 Å². The highest BCUT2D eigenvalue weighted by Gasteiger charge is 2.37. The minimum atomic E-state index is -0.291. The molecule has 2 saturated heterocycles. The summed E-state index contributed by atoms with van der Waals surface area (Å²) in [5.74, 6) is 0.0290. The van der Waals surface area contributed by atoms with Gasteiger partial charge in [0, 0.05) is 51.7 Å². The SMILES string of the molecule is CC(=O)N1CCN(C)C(C(=O)NCC2(c3ccccc3)CCOCC2)C1. The van der Waals surface area contributed by atoms with Gasteiger partial charge in [-0.05, 0) is 25.5 Å². The Hall–Kier alpha value is -1.92. The molecule has 2 aliphatic rings. The molecule has 3 rings (SSSR count). The van der Waals surface area contributed by atoms with Crippen molar-refractivity contribution in [1.29, 1.82) is 0 Å². The number of piperazine rings is 1. The summed E-state index contributed by atoms with van der Waals surface area (Å²) in [5.41, 5.74) is 1.17. The van der Waals surface area contributed by atoms with E-state index in [1.807, 2.05) is 30.1 Å². The lowest BCUT2D eigenvalue weighted by molar-refractivity contribution is -0.136. The van der Waals surface area contributed by atoms with Gasteiger partial charge in [-0.25, -0.2) is 0 Å². The Labute approximate surface area is 155 Å². The molecule has 1 unspecified atom stereocenters. The average Bonchev–Trinajstić information content (AvgIpc) is 2.67. The molecule has 1 aromatic carbocycles. The summed E-state index contributed by atoms with van der Waals surface area (Å²) in [6, 6.07) is 10.1. The lowest BCUT2D eigenvalue weighted by Crippen LogP contribution is -2.59. The van der Waals surface area contributed by atoms with E-state index in [9.17, 15) is 9.59 Å². The third kappa shape index (κ3) is 4.07. The molecule has 142 valence electrons. The topological polar surface area (TPSA) is 61.9 Å². The maximum atomic E-state index is 12.9. The summed E-state index contributed by atoms with van der Waals surface area (Å²) in [4.78, 5) is 28.3. The molecular weight excluding hydrogens is 330 g/mol. The summed E-state index contributed by atoms with van der Waals surface area (Å²) in [5, 5.41) is 3.18. The molecule has 0 saturated carbocycles. The molecule has 0 spiro atoms. The van der Waals surface area contributed by atoms with Crippen LogP contribution in [0.4, 0.5) is 0 Å². The van der Waals surface area contributed by atoms with E-state index < -0.39 is 0 Å². The van der Waals surface area contributed by atoms with Crippen molar-refractivity contribution in [2.75, 3.05) is 46.4 Å². The normalized spacial score (nSPS) is 23.5. The molecule has 6 nitrogen and oxygen atoms in total. The van der Waals surface area contributed by atoms with Crippen LogP contribution in [0.25, 0.3) is 0 Å². The monoisotopic (exact) mass is 359 g/mol. The largest absolute Gasteiger partial charge is 0.381 e. The summed E-state index contributed by atoms with van der Waals surface area (Å²) >= 11 is 0. The highest BCUT2D eigenvalue weighted by atomic mass is 16.5. The van der Waals surface area contributed by atoms with E-state index in [0.717, 1.165) is 19.4 Å². The maximum Gasteiger partial charge on any atom is 0.239 e. The van der Waals surface area contributed by atoms with Gasteiger partial charge in [0.15, 0.2) is 0 Å². The summed E-state index contributed by atoms with van der Waals surface area (Å²) in [6.45, 7) is 5.45. The lowest BCUT2D eigenvalue weighted by atomic mass is 9.74. The van der Waals surface area contributed by atoms with Gasteiger partial charge in [-0.2, -0.15) is 0 Å². The molecule has 6 heteroatoms. The molecule has 2 heterocycles. The van der Waals surface area contributed by atoms with E-state index in [1.54, 1.807) is 11.8 Å². The molecule has 0 aromatic heterocycles. The highest BCUT2D eigenvalue weighted by Crippen LogP contribution is 2.34. The minimum Gasteiger partial charge on any atom is -0.381 e. The Morgan fingerprint density at radius 3 is 2.54 bits per heavy atom. The van der Waals surface area contributed by atoms with Crippen LogP contribution in [-0.4, -0.2) is 74.1 Å². The molecule has 0 aliphatic carbocycles. The molecule has 1 atom stereocenters. The first kappa shape index (κ1) is 18.9. The van der Waals surface area contributed by atoms with Crippen molar-refractivity contribution in [2.45, 2.75) is 31.2 Å². The van der Waals surface area contributed by atoms with Gasteiger partial charge >= 0.3 is 0 Å². The van der Waals surface area contributed by atoms with Crippen molar-refractivity contribution in [3.8, 4) is 0 Å². The number of benzene rings is 1.